The van der Waals surface area contributed by atoms with Crippen LogP contribution in [-0.2, 0) is 11.2 Å². The lowest BCUT2D eigenvalue weighted by Crippen LogP contribution is -2.63. The summed E-state index contributed by atoms with van der Waals surface area (Å²) in [6, 6.07) is 8.19. The SMILES string of the molecule is COc1cccc(CC2(C(=O)NC3C=CCC3)CNC2)c1. The van der Waals surface area contributed by atoms with Crippen LogP contribution >= 0.6 is 0 Å². The van der Waals surface area contributed by atoms with E-state index >= 15 is 0 Å². The fourth-order valence-electron chi connectivity index (χ4n) is 3.04. The van der Waals surface area contributed by atoms with E-state index in [2.05, 4.69) is 28.9 Å². The molecule has 3 rings (SSSR count). The van der Waals surface area contributed by atoms with Gasteiger partial charge in [-0.1, -0.05) is 24.3 Å². The van der Waals surface area contributed by atoms with Crippen molar-refractivity contribution in [2.75, 3.05) is 20.2 Å². The van der Waals surface area contributed by atoms with E-state index in [1.165, 1.54) is 0 Å². The van der Waals surface area contributed by atoms with Crippen molar-refractivity contribution in [1.29, 1.82) is 0 Å². The first-order chi connectivity index (χ1) is 10.2. The van der Waals surface area contributed by atoms with E-state index in [0.717, 1.165) is 43.7 Å². The predicted octanol–water partition coefficient (Wildman–Crippen LogP) is 1.66. The number of amides is 1. The first-order valence-corrected chi connectivity index (χ1v) is 7.53. The number of methoxy groups -OCH3 is 1. The molecule has 21 heavy (non-hydrogen) atoms. The van der Waals surface area contributed by atoms with E-state index in [4.69, 9.17) is 4.74 Å². The van der Waals surface area contributed by atoms with E-state index in [1.54, 1.807) is 7.11 Å². The van der Waals surface area contributed by atoms with E-state index in [0.29, 0.717) is 0 Å². The smallest absolute Gasteiger partial charge is 0.229 e. The second-order valence-corrected chi connectivity index (χ2v) is 6.00. The number of nitrogens with one attached hydrogen (secondary N) is 2. The van der Waals surface area contributed by atoms with Gasteiger partial charge >= 0.3 is 0 Å². The molecule has 1 unspecified atom stereocenters. The first-order valence-electron chi connectivity index (χ1n) is 7.53. The molecule has 0 bridgehead atoms. The highest BCUT2D eigenvalue weighted by molar-refractivity contribution is 5.85. The molecule has 1 saturated heterocycles. The Morgan fingerprint density at radius 3 is 2.95 bits per heavy atom. The number of rotatable bonds is 5. The van der Waals surface area contributed by atoms with Gasteiger partial charge in [-0.25, -0.2) is 0 Å². The topological polar surface area (TPSA) is 50.4 Å². The van der Waals surface area contributed by atoms with Gasteiger partial charge in [0, 0.05) is 19.1 Å². The fraction of sp³-hybridized carbons (Fsp3) is 0.471. The second kappa shape index (κ2) is 5.90. The Bertz CT molecular complexity index is 549. The molecule has 1 heterocycles. The second-order valence-electron chi connectivity index (χ2n) is 6.00. The fourth-order valence-corrected chi connectivity index (χ4v) is 3.04. The molecule has 0 saturated carbocycles. The molecule has 1 aliphatic carbocycles. The summed E-state index contributed by atoms with van der Waals surface area (Å²) in [4.78, 5) is 12.6. The van der Waals surface area contributed by atoms with E-state index < -0.39 is 0 Å². The molecular formula is C17H22N2O2. The van der Waals surface area contributed by atoms with Gasteiger partial charge in [0.2, 0.25) is 5.91 Å². The van der Waals surface area contributed by atoms with Gasteiger partial charge in [-0.05, 0) is 37.0 Å². The Labute approximate surface area is 125 Å². The number of hydrogen-bond acceptors (Lipinski definition) is 3. The number of carbonyl (C=O) groups excluding carboxylic acids is 1. The van der Waals surface area contributed by atoms with Crippen molar-refractivity contribution in [3.8, 4) is 5.75 Å². The van der Waals surface area contributed by atoms with Crippen molar-refractivity contribution >= 4 is 5.91 Å². The minimum absolute atomic E-state index is 0.167. The van der Waals surface area contributed by atoms with Crippen LogP contribution in [0, 0.1) is 5.41 Å². The molecule has 4 nitrogen and oxygen atoms in total. The number of hydrogen-bond donors (Lipinski definition) is 2. The molecule has 1 aromatic rings. The number of allylic oxidation sites excluding steroid dienone is 1. The van der Waals surface area contributed by atoms with Crippen molar-refractivity contribution in [1.82, 2.24) is 10.6 Å². The van der Waals surface area contributed by atoms with Crippen molar-refractivity contribution in [3.05, 3.63) is 42.0 Å². The molecule has 1 atom stereocenters. The number of ether oxygens (including phenoxy) is 1. The van der Waals surface area contributed by atoms with Crippen LogP contribution in [0.1, 0.15) is 18.4 Å². The van der Waals surface area contributed by atoms with Crippen LogP contribution in [0.25, 0.3) is 0 Å². The van der Waals surface area contributed by atoms with Crippen molar-refractivity contribution < 1.29 is 9.53 Å². The molecule has 1 aliphatic heterocycles. The molecule has 1 amide bonds. The molecule has 0 radical (unpaired) electrons. The van der Waals surface area contributed by atoms with Crippen LogP contribution in [0.5, 0.6) is 5.75 Å². The third kappa shape index (κ3) is 2.95. The highest BCUT2D eigenvalue weighted by Gasteiger charge is 2.44. The van der Waals surface area contributed by atoms with Gasteiger partial charge in [0.15, 0.2) is 0 Å². The molecule has 1 aromatic carbocycles. The maximum absolute atomic E-state index is 12.6. The zero-order chi connectivity index (χ0) is 14.7. The molecule has 1 fully saturated rings. The monoisotopic (exact) mass is 286 g/mol. The molecule has 2 aliphatic rings. The third-order valence-electron chi connectivity index (χ3n) is 4.41. The highest BCUT2D eigenvalue weighted by atomic mass is 16.5. The molecule has 0 spiro atoms. The Kier molecular flexibility index (Phi) is 3.97. The first kappa shape index (κ1) is 14.1. The molecule has 2 N–H and O–H groups in total. The summed E-state index contributed by atoms with van der Waals surface area (Å²) < 4.78 is 5.26. The minimum atomic E-state index is -0.317. The number of carbonyl (C=O) groups is 1. The lowest BCUT2D eigenvalue weighted by atomic mass is 9.75. The van der Waals surface area contributed by atoms with Gasteiger partial charge in [0.25, 0.3) is 0 Å². The summed E-state index contributed by atoms with van der Waals surface area (Å²) in [5, 5.41) is 6.42. The number of benzene rings is 1. The molecule has 4 heteroatoms. The van der Waals surface area contributed by atoms with Gasteiger partial charge in [-0.15, -0.1) is 0 Å². The van der Waals surface area contributed by atoms with Crippen LogP contribution in [-0.4, -0.2) is 32.1 Å². The van der Waals surface area contributed by atoms with E-state index in [9.17, 15) is 4.79 Å². The quantitative estimate of drug-likeness (QED) is 0.810. The summed E-state index contributed by atoms with van der Waals surface area (Å²) >= 11 is 0. The summed E-state index contributed by atoms with van der Waals surface area (Å²) in [5.74, 6) is 1.01. The minimum Gasteiger partial charge on any atom is -0.497 e. The Morgan fingerprint density at radius 2 is 2.33 bits per heavy atom. The average Bonchev–Trinajstić information content (AvgIpc) is 2.96. The normalized spacial score (nSPS) is 22.6. The summed E-state index contributed by atoms with van der Waals surface area (Å²) in [5.41, 5.74) is 0.830. The largest absolute Gasteiger partial charge is 0.497 e. The van der Waals surface area contributed by atoms with Gasteiger partial charge in [-0.3, -0.25) is 4.79 Å². The molecular weight excluding hydrogens is 264 g/mol. The zero-order valence-corrected chi connectivity index (χ0v) is 12.4. The highest BCUT2D eigenvalue weighted by Crippen LogP contribution is 2.30. The maximum atomic E-state index is 12.6. The van der Waals surface area contributed by atoms with Crippen molar-refractivity contribution in [2.24, 2.45) is 5.41 Å². The predicted molar refractivity (Wildman–Crippen MR) is 82.3 cm³/mol. The summed E-state index contributed by atoms with van der Waals surface area (Å²) in [7, 11) is 1.67. The molecule has 0 aromatic heterocycles. The Morgan fingerprint density at radius 1 is 1.48 bits per heavy atom. The third-order valence-corrected chi connectivity index (χ3v) is 4.41. The lowest BCUT2D eigenvalue weighted by Gasteiger charge is -2.41. The van der Waals surface area contributed by atoms with E-state index in [-0.39, 0.29) is 17.4 Å². The van der Waals surface area contributed by atoms with Crippen molar-refractivity contribution in [3.63, 3.8) is 0 Å². The van der Waals surface area contributed by atoms with Crippen LogP contribution in [0.4, 0.5) is 0 Å². The van der Waals surface area contributed by atoms with Crippen LogP contribution in [0.15, 0.2) is 36.4 Å². The van der Waals surface area contributed by atoms with Crippen molar-refractivity contribution in [2.45, 2.75) is 25.3 Å². The lowest BCUT2D eigenvalue weighted by molar-refractivity contribution is -0.134. The maximum Gasteiger partial charge on any atom is 0.229 e. The van der Waals surface area contributed by atoms with Gasteiger partial charge < -0.3 is 15.4 Å². The average molecular weight is 286 g/mol. The summed E-state index contributed by atoms with van der Waals surface area (Å²) in [6.07, 6.45) is 7.07. The zero-order valence-electron chi connectivity index (χ0n) is 12.4. The summed E-state index contributed by atoms with van der Waals surface area (Å²) in [6.45, 7) is 1.49. The van der Waals surface area contributed by atoms with Crippen LogP contribution < -0.4 is 15.4 Å². The Hall–Kier alpha value is -1.81. The standard InChI is InChI=1S/C17H22N2O2/c1-21-15-8-4-5-13(9-15)10-17(11-18-12-17)16(20)19-14-6-2-3-7-14/h2,4-6,8-9,14,18H,3,7,10-12H2,1H3,(H,19,20). The van der Waals surface area contributed by atoms with Gasteiger partial charge in [0.05, 0.1) is 12.5 Å². The van der Waals surface area contributed by atoms with Crippen LogP contribution in [0.3, 0.4) is 0 Å². The van der Waals surface area contributed by atoms with Crippen LogP contribution in [0.2, 0.25) is 0 Å². The molecule has 112 valence electrons. The van der Waals surface area contributed by atoms with Gasteiger partial charge in [0.1, 0.15) is 5.75 Å². The Balaban J connectivity index is 1.70. The van der Waals surface area contributed by atoms with Gasteiger partial charge in [-0.2, -0.15) is 0 Å². The van der Waals surface area contributed by atoms with E-state index in [1.807, 2.05) is 18.2 Å².